The van der Waals surface area contributed by atoms with Crippen molar-refractivity contribution in [2.45, 2.75) is 19.3 Å². The van der Waals surface area contributed by atoms with Crippen LogP contribution < -0.4 is 9.47 Å². The third-order valence-electron chi connectivity index (χ3n) is 5.13. The summed E-state index contributed by atoms with van der Waals surface area (Å²) in [6.07, 6.45) is 1.64. The second-order valence-electron chi connectivity index (χ2n) is 6.82. The minimum atomic E-state index is -1.16. The second kappa shape index (κ2) is 9.30. The van der Waals surface area contributed by atoms with Gasteiger partial charge in [-0.1, -0.05) is 23.7 Å². The largest absolute Gasteiger partial charge is 0.493 e. The van der Waals surface area contributed by atoms with E-state index in [0.29, 0.717) is 22.6 Å². The number of rotatable bonds is 6. The zero-order chi connectivity index (χ0) is 21.8. The van der Waals surface area contributed by atoms with Gasteiger partial charge in [-0.05, 0) is 54.8 Å². The van der Waals surface area contributed by atoms with Crippen molar-refractivity contribution in [3.05, 3.63) is 64.4 Å². The molecule has 3 rings (SSSR count). The molecule has 0 spiro atoms. The number of ketones is 1. The first kappa shape index (κ1) is 21.8. The maximum absolute atomic E-state index is 14.7. The lowest BCUT2D eigenvalue weighted by Crippen LogP contribution is -2.34. The molecule has 0 unspecified atom stereocenters. The molecule has 0 radical (unpaired) electrons. The number of hydrogen-bond donors (Lipinski definition) is 0. The van der Waals surface area contributed by atoms with Crippen LogP contribution in [0.3, 0.4) is 0 Å². The maximum Gasteiger partial charge on any atom is 0.317 e. The van der Waals surface area contributed by atoms with Gasteiger partial charge in [0.25, 0.3) is 0 Å². The van der Waals surface area contributed by atoms with E-state index in [9.17, 15) is 14.0 Å². The van der Waals surface area contributed by atoms with Crippen LogP contribution in [0.15, 0.2) is 42.5 Å². The molecule has 0 heterocycles. The van der Waals surface area contributed by atoms with Crippen molar-refractivity contribution in [1.29, 1.82) is 0 Å². The number of hydrogen-bond acceptors (Lipinski definition) is 5. The minimum absolute atomic E-state index is 0.118. The van der Waals surface area contributed by atoms with Crippen LogP contribution in [0.2, 0.25) is 5.02 Å². The Morgan fingerprint density at radius 3 is 2.53 bits per heavy atom. The van der Waals surface area contributed by atoms with Gasteiger partial charge in [0.15, 0.2) is 17.3 Å². The Labute approximate surface area is 179 Å². The van der Waals surface area contributed by atoms with Crippen molar-refractivity contribution < 1.29 is 28.2 Å². The summed E-state index contributed by atoms with van der Waals surface area (Å²) in [6.45, 7) is 1.77. The molecule has 0 saturated carbocycles. The number of benzene rings is 2. The van der Waals surface area contributed by atoms with Gasteiger partial charge in [0.05, 0.1) is 20.8 Å². The summed E-state index contributed by atoms with van der Waals surface area (Å²) in [4.78, 5) is 25.5. The number of methoxy groups -OCH3 is 2. The summed E-state index contributed by atoms with van der Waals surface area (Å²) < 4.78 is 30.4. The van der Waals surface area contributed by atoms with Crippen molar-refractivity contribution >= 4 is 28.9 Å². The first-order chi connectivity index (χ1) is 14.4. The van der Waals surface area contributed by atoms with Gasteiger partial charge in [-0.15, -0.1) is 0 Å². The number of carbonyl (C=O) groups is 2. The third kappa shape index (κ3) is 4.19. The van der Waals surface area contributed by atoms with E-state index >= 15 is 0 Å². The number of ether oxygens (including phenoxy) is 3. The van der Waals surface area contributed by atoms with Crippen LogP contribution in [0.5, 0.6) is 11.5 Å². The van der Waals surface area contributed by atoms with Crippen molar-refractivity contribution in [1.82, 2.24) is 0 Å². The van der Waals surface area contributed by atoms with E-state index in [1.807, 2.05) is 0 Å². The Balaban J connectivity index is 2.10. The Kier molecular flexibility index (Phi) is 6.77. The Morgan fingerprint density at radius 2 is 1.90 bits per heavy atom. The van der Waals surface area contributed by atoms with Gasteiger partial charge in [-0.2, -0.15) is 0 Å². The van der Waals surface area contributed by atoms with Crippen molar-refractivity contribution in [3.63, 3.8) is 0 Å². The van der Waals surface area contributed by atoms with Crippen molar-refractivity contribution in [2.75, 3.05) is 20.8 Å². The summed E-state index contributed by atoms with van der Waals surface area (Å²) in [5.41, 5.74) is 1.49. The Hall–Kier alpha value is -2.86. The predicted octanol–water partition coefficient (Wildman–Crippen LogP) is 4.82. The highest BCUT2D eigenvalue weighted by atomic mass is 35.5. The molecule has 7 heteroatoms. The fourth-order valence-corrected chi connectivity index (χ4v) is 4.06. The molecule has 2 aromatic rings. The molecule has 30 heavy (non-hydrogen) atoms. The third-order valence-corrected chi connectivity index (χ3v) is 5.46. The van der Waals surface area contributed by atoms with E-state index in [2.05, 4.69) is 0 Å². The number of halogens is 2. The van der Waals surface area contributed by atoms with Gasteiger partial charge >= 0.3 is 5.97 Å². The van der Waals surface area contributed by atoms with Gasteiger partial charge in [0.1, 0.15) is 11.7 Å². The number of esters is 1. The van der Waals surface area contributed by atoms with E-state index in [-0.39, 0.29) is 23.6 Å². The summed E-state index contributed by atoms with van der Waals surface area (Å²) in [5.74, 6) is -2.62. The molecule has 2 atom stereocenters. The number of allylic oxidation sites excluding steroid dienone is 2. The van der Waals surface area contributed by atoms with Gasteiger partial charge in [0, 0.05) is 16.5 Å². The fourth-order valence-electron chi connectivity index (χ4n) is 3.76. The molecule has 0 fully saturated rings. The molecule has 0 bridgehead atoms. The molecule has 0 N–H and O–H groups in total. The maximum atomic E-state index is 14.7. The molecule has 0 aromatic heterocycles. The van der Waals surface area contributed by atoms with Crippen LogP contribution in [0, 0.1) is 11.7 Å². The predicted molar refractivity (Wildman–Crippen MR) is 111 cm³/mol. The zero-order valence-electron chi connectivity index (χ0n) is 16.9. The van der Waals surface area contributed by atoms with Gasteiger partial charge < -0.3 is 14.2 Å². The van der Waals surface area contributed by atoms with E-state index in [4.69, 9.17) is 25.8 Å². The van der Waals surface area contributed by atoms with E-state index in [1.54, 1.807) is 31.2 Å². The van der Waals surface area contributed by atoms with Gasteiger partial charge in [-0.25, -0.2) is 4.39 Å². The smallest absolute Gasteiger partial charge is 0.317 e. The summed E-state index contributed by atoms with van der Waals surface area (Å²) in [6, 6.07) is 9.54. The van der Waals surface area contributed by atoms with Crippen molar-refractivity contribution in [3.8, 4) is 11.5 Å². The first-order valence-corrected chi connectivity index (χ1v) is 9.86. The highest BCUT2D eigenvalue weighted by molar-refractivity contribution is 6.31. The average Bonchev–Trinajstić information content (AvgIpc) is 2.72. The fraction of sp³-hybridized carbons (Fsp3) is 0.304. The standard InChI is InChI=1S/C23H22ClFO5/c1-4-30-23(27)22-15(21-16(24)6-5-7-17(21)25)10-14(11-18(22)26)13-8-9-19(28-2)20(12-13)29-3/h5-9,11-12,15,22H,4,10H2,1-3H3/t15-,22+/m1/s1. The minimum Gasteiger partial charge on any atom is -0.493 e. The van der Waals surface area contributed by atoms with Crippen LogP contribution in [0.4, 0.5) is 4.39 Å². The van der Waals surface area contributed by atoms with Crippen molar-refractivity contribution in [2.24, 2.45) is 5.92 Å². The molecule has 5 nitrogen and oxygen atoms in total. The Morgan fingerprint density at radius 1 is 1.17 bits per heavy atom. The molecule has 0 saturated heterocycles. The average molecular weight is 433 g/mol. The lowest BCUT2D eigenvalue weighted by atomic mass is 9.73. The highest BCUT2D eigenvalue weighted by Gasteiger charge is 2.41. The zero-order valence-corrected chi connectivity index (χ0v) is 17.7. The van der Waals surface area contributed by atoms with Crippen LogP contribution in [0.1, 0.15) is 30.4 Å². The van der Waals surface area contributed by atoms with E-state index < -0.39 is 29.4 Å². The van der Waals surface area contributed by atoms with Crippen LogP contribution in [0.25, 0.3) is 5.57 Å². The molecule has 0 aliphatic heterocycles. The van der Waals surface area contributed by atoms with E-state index in [0.717, 1.165) is 0 Å². The molecule has 1 aliphatic rings. The molecular formula is C23H22ClFO5. The topological polar surface area (TPSA) is 61.8 Å². The second-order valence-corrected chi connectivity index (χ2v) is 7.22. The summed E-state index contributed by atoms with van der Waals surface area (Å²) in [7, 11) is 3.04. The van der Waals surface area contributed by atoms with Crippen LogP contribution >= 0.6 is 11.6 Å². The molecule has 158 valence electrons. The summed E-state index contributed by atoms with van der Waals surface area (Å²) in [5, 5.41) is 0.163. The summed E-state index contributed by atoms with van der Waals surface area (Å²) >= 11 is 6.28. The van der Waals surface area contributed by atoms with Gasteiger partial charge in [0.2, 0.25) is 0 Å². The van der Waals surface area contributed by atoms with Gasteiger partial charge in [-0.3, -0.25) is 9.59 Å². The lowest BCUT2D eigenvalue weighted by Gasteiger charge is -2.30. The van der Waals surface area contributed by atoms with Crippen LogP contribution in [-0.2, 0) is 14.3 Å². The normalized spacial score (nSPS) is 18.6. The first-order valence-electron chi connectivity index (χ1n) is 9.48. The quantitative estimate of drug-likeness (QED) is 0.484. The Bertz CT molecular complexity index is 981. The van der Waals surface area contributed by atoms with E-state index in [1.165, 1.54) is 32.4 Å². The molecule has 0 amide bonds. The molecular weight excluding hydrogens is 411 g/mol. The molecule has 1 aliphatic carbocycles. The highest BCUT2D eigenvalue weighted by Crippen LogP contribution is 2.44. The molecule has 2 aromatic carbocycles. The van der Waals surface area contributed by atoms with Crippen LogP contribution in [-0.4, -0.2) is 32.6 Å². The monoisotopic (exact) mass is 432 g/mol. The SMILES string of the molecule is CCOC(=O)[C@@H]1C(=O)C=C(c2ccc(OC)c(OC)c2)C[C@@H]1c1c(F)cccc1Cl. The lowest BCUT2D eigenvalue weighted by molar-refractivity contribution is -0.151. The number of carbonyl (C=O) groups excluding carboxylic acids is 2.